The van der Waals surface area contributed by atoms with Crippen LogP contribution in [-0.4, -0.2) is 35.3 Å². The molecular formula is C11H21BrN4. The molecule has 1 atom stereocenters. The molecule has 0 aliphatic heterocycles. The molecule has 0 spiro atoms. The van der Waals surface area contributed by atoms with Crippen LogP contribution in [0.25, 0.3) is 0 Å². The molecule has 0 radical (unpaired) electrons. The fourth-order valence-corrected chi connectivity index (χ4v) is 2.05. The van der Waals surface area contributed by atoms with Crippen molar-refractivity contribution in [2.24, 2.45) is 11.7 Å². The Morgan fingerprint density at radius 1 is 1.50 bits per heavy atom. The summed E-state index contributed by atoms with van der Waals surface area (Å²) in [6, 6.07) is 0.0269. The van der Waals surface area contributed by atoms with Gasteiger partial charge in [-0.3, -0.25) is 4.68 Å². The Bertz CT molecular complexity index is 333. The van der Waals surface area contributed by atoms with E-state index < -0.39 is 0 Å². The first-order valence-corrected chi connectivity index (χ1v) is 6.34. The zero-order chi connectivity index (χ0) is 12.3. The van der Waals surface area contributed by atoms with Crippen LogP contribution in [0.4, 0.5) is 0 Å². The molecule has 0 aromatic carbocycles. The fourth-order valence-electron chi connectivity index (χ4n) is 1.49. The molecule has 0 aliphatic rings. The summed E-state index contributed by atoms with van der Waals surface area (Å²) in [6.07, 6.45) is 1.83. The van der Waals surface area contributed by atoms with E-state index in [1.807, 2.05) is 10.9 Å². The van der Waals surface area contributed by atoms with Crippen LogP contribution in [0.1, 0.15) is 25.6 Å². The molecule has 0 bridgehead atoms. The number of rotatable bonds is 5. The molecule has 0 saturated heterocycles. The molecule has 0 aliphatic carbocycles. The molecule has 92 valence electrons. The SMILES string of the molecule is CC(C)C(N)c1c(Br)cnn1CCN(C)C. The highest BCUT2D eigenvalue weighted by Gasteiger charge is 2.19. The normalized spacial score (nSPS) is 13.8. The van der Waals surface area contributed by atoms with Crippen molar-refractivity contribution in [3.8, 4) is 0 Å². The average Bonchev–Trinajstić information content (AvgIpc) is 2.55. The van der Waals surface area contributed by atoms with Crippen LogP contribution in [0.2, 0.25) is 0 Å². The summed E-state index contributed by atoms with van der Waals surface area (Å²) in [7, 11) is 4.11. The van der Waals surface area contributed by atoms with Crippen molar-refractivity contribution < 1.29 is 0 Å². The van der Waals surface area contributed by atoms with Crippen LogP contribution in [0, 0.1) is 5.92 Å². The molecule has 1 rings (SSSR count). The summed E-state index contributed by atoms with van der Waals surface area (Å²) in [5.41, 5.74) is 7.28. The van der Waals surface area contributed by atoms with Crippen LogP contribution >= 0.6 is 15.9 Å². The summed E-state index contributed by atoms with van der Waals surface area (Å²) < 4.78 is 3.00. The number of hydrogen-bond donors (Lipinski definition) is 1. The van der Waals surface area contributed by atoms with Crippen molar-refractivity contribution in [1.82, 2.24) is 14.7 Å². The van der Waals surface area contributed by atoms with E-state index in [0.29, 0.717) is 5.92 Å². The molecule has 1 heterocycles. The van der Waals surface area contributed by atoms with Gasteiger partial charge in [0, 0.05) is 6.54 Å². The smallest absolute Gasteiger partial charge is 0.0696 e. The lowest BCUT2D eigenvalue weighted by molar-refractivity contribution is 0.360. The quantitative estimate of drug-likeness (QED) is 0.900. The Morgan fingerprint density at radius 2 is 2.12 bits per heavy atom. The Balaban J connectivity index is 2.85. The molecule has 1 aromatic rings. The fraction of sp³-hybridized carbons (Fsp3) is 0.727. The Hall–Kier alpha value is -0.390. The van der Waals surface area contributed by atoms with Gasteiger partial charge in [0.15, 0.2) is 0 Å². The molecule has 1 unspecified atom stereocenters. The van der Waals surface area contributed by atoms with Gasteiger partial charge in [-0.1, -0.05) is 13.8 Å². The maximum absolute atomic E-state index is 6.19. The van der Waals surface area contributed by atoms with Gasteiger partial charge in [-0.25, -0.2) is 0 Å². The third-order valence-electron chi connectivity index (χ3n) is 2.63. The van der Waals surface area contributed by atoms with Crippen molar-refractivity contribution in [1.29, 1.82) is 0 Å². The second kappa shape index (κ2) is 5.80. The average molecular weight is 289 g/mol. The summed E-state index contributed by atoms with van der Waals surface area (Å²) in [5.74, 6) is 0.408. The van der Waals surface area contributed by atoms with Crippen LogP contribution < -0.4 is 5.73 Å². The van der Waals surface area contributed by atoms with Gasteiger partial charge in [0.1, 0.15) is 0 Å². The third-order valence-corrected chi connectivity index (χ3v) is 3.24. The number of hydrogen-bond acceptors (Lipinski definition) is 3. The second-order valence-corrected chi connectivity index (χ2v) is 5.53. The van der Waals surface area contributed by atoms with E-state index in [9.17, 15) is 0 Å². The molecule has 0 saturated carbocycles. The molecule has 5 heteroatoms. The summed E-state index contributed by atoms with van der Waals surface area (Å²) >= 11 is 3.52. The zero-order valence-electron chi connectivity index (χ0n) is 10.4. The van der Waals surface area contributed by atoms with Crippen LogP contribution in [-0.2, 0) is 6.54 Å². The van der Waals surface area contributed by atoms with E-state index in [2.05, 4.69) is 53.9 Å². The van der Waals surface area contributed by atoms with Crippen molar-refractivity contribution in [3.63, 3.8) is 0 Å². The Morgan fingerprint density at radius 3 is 2.62 bits per heavy atom. The van der Waals surface area contributed by atoms with Crippen LogP contribution in [0.3, 0.4) is 0 Å². The van der Waals surface area contributed by atoms with E-state index in [0.717, 1.165) is 23.3 Å². The number of likely N-dealkylation sites (N-methyl/N-ethyl adjacent to an activating group) is 1. The highest BCUT2D eigenvalue weighted by atomic mass is 79.9. The first-order chi connectivity index (χ1) is 7.43. The molecule has 2 N–H and O–H groups in total. The third kappa shape index (κ3) is 3.30. The standard InChI is InChI=1S/C11H21BrN4/c1-8(2)10(13)11-9(12)7-14-16(11)6-5-15(3)4/h7-8,10H,5-6,13H2,1-4H3. The lowest BCUT2D eigenvalue weighted by Gasteiger charge is -2.19. The molecule has 4 nitrogen and oxygen atoms in total. The lowest BCUT2D eigenvalue weighted by atomic mass is 10.0. The minimum atomic E-state index is 0.0269. The number of nitrogens with zero attached hydrogens (tertiary/aromatic N) is 3. The molecule has 16 heavy (non-hydrogen) atoms. The van der Waals surface area contributed by atoms with Gasteiger partial charge in [0.05, 0.1) is 29.0 Å². The summed E-state index contributed by atoms with van der Waals surface area (Å²) in [4.78, 5) is 2.14. The summed E-state index contributed by atoms with van der Waals surface area (Å²) in [5, 5.41) is 4.35. The maximum Gasteiger partial charge on any atom is 0.0696 e. The van der Waals surface area contributed by atoms with Gasteiger partial charge in [0.25, 0.3) is 0 Å². The largest absolute Gasteiger partial charge is 0.322 e. The van der Waals surface area contributed by atoms with Gasteiger partial charge in [-0.15, -0.1) is 0 Å². The van der Waals surface area contributed by atoms with Gasteiger partial charge in [0.2, 0.25) is 0 Å². The molecular weight excluding hydrogens is 268 g/mol. The highest BCUT2D eigenvalue weighted by Crippen LogP contribution is 2.26. The zero-order valence-corrected chi connectivity index (χ0v) is 12.0. The van der Waals surface area contributed by atoms with E-state index >= 15 is 0 Å². The van der Waals surface area contributed by atoms with Crippen molar-refractivity contribution in [3.05, 3.63) is 16.4 Å². The number of nitrogens with two attached hydrogens (primary N) is 1. The number of aromatic nitrogens is 2. The number of halogens is 1. The first kappa shape index (κ1) is 13.7. The second-order valence-electron chi connectivity index (χ2n) is 4.67. The topological polar surface area (TPSA) is 47.1 Å². The van der Waals surface area contributed by atoms with Crippen LogP contribution in [0.5, 0.6) is 0 Å². The molecule has 0 fully saturated rings. The Kier molecular flexibility index (Phi) is 4.95. The van der Waals surface area contributed by atoms with Crippen molar-refractivity contribution in [2.75, 3.05) is 20.6 Å². The minimum Gasteiger partial charge on any atom is -0.322 e. The van der Waals surface area contributed by atoms with Crippen molar-refractivity contribution >= 4 is 15.9 Å². The van der Waals surface area contributed by atoms with E-state index in [1.54, 1.807) is 0 Å². The van der Waals surface area contributed by atoms with E-state index in [4.69, 9.17) is 5.73 Å². The van der Waals surface area contributed by atoms with Crippen LogP contribution in [0.15, 0.2) is 10.7 Å². The first-order valence-electron chi connectivity index (χ1n) is 5.55. The monoisotopic (exact) mass is 288 g/mol. The minimum absolute atomic E-state index is 0.0269. The Labute approximate surface area is 106 Å². The molecule has 1 aromatic heterocycles. The lowest BCUT2D eigenvalue weighted by Crippen LogP contribution is -2.25. The van der Waals surface area contributed by atoms with Gasteiger partial charge in [-0.2, -0.15) is 5.10 Å². The van der Waals surface area contributed by atoms with Gasteiger partial charge >= 0.3 is 0 Å². The molecule has 0 amide bonds. The summed E-state index contributed by atoms with van der Waals surface area (Å²) in [6.45, 7) is 6.08. The van der Waals surface area contributed by atoms with E-state index in [-0.39, 0.29) is 6.04 Å². The van der Waals surface area contributed by atoms with Crippen molar-refractivity contribution in [2.45, 2.75) is 26.4 Å². The van der Waals surface area contributed by atoms with Gasteiger partial charge < -0.3 is 10.6 Å². The predicted octanol–water partition coefficient (Wildman–Crippen LogP) is 1.86. The maximum atomic E-state index is 6.19. The van der Waals surface area contributed by atoms with Gasteiger partial charge in [-0.05, 0) is 35.9 Å². The predicted molar refractivity (Wildman–Crippen MR) is 70.2 cm³/mol. The van der Waals surface area contributed by atoms with E-state index in [1.165, 1.54) is 0 Å². The highest BCUT2D eigenvalue weighted by molar-refractivity contribution is 9.10.